The lowest BCUT2D eigenvalue weighted by Crippen LogP contribution is -2.65. The molecular weight excluding hydrogens is 931 g/mol. The van der Waals surface area contributed by atoms with E-state index in [4.69, 9.17) is 18.9 Å². The van der Waals surface area contributed by atoms with Crippen LogP contribution >= 0.6 is 0 Å². The topological polar surface area (TPSA) is 228 Å². The van der Waals surface area contributed by atoms with E-state index in [0.717, 1.165) is 38.5 Å². The predicted molar refractivity (Wildman–Crippen MR) is 291 cm³/mol. The fraction of sp³-hybridized carbons (Fsp3) is 0.915. The minimum atomic E-state index is -1.79. The molecule has 2 saturated heterocycles. The highest BCUT2D eigenvalue weighted by Gasteiger charge is 2.51. The highest BCUT2D eigenvalue weighted by Crippen LogP contribution is 2.30. The van der Waals surface area contributed by atoms with E-state index in [2.05, 4.69) is 31.3 Å². The minimum absolute atomic E-state index is 0.255. The van der Waals surface area contributed by atoms with Gasteiger partial charge in [0.05, 0.1) is 32.0 Å². The summed E-state index contributed by atoms with van der Waals surface area (Å²) in [4.78, 5) is 13.1. The summed E-state index contributed by atoms with van der Waals surface area (Å²) in [6, 6.07) is -0.925. The van der Waals surface area contributed by atoms with Crippen molar-refractivity contribution in [3.05, 3.63) is 24.3 Å². The Morgan fingerprint density at radius 2 is 0.877 bits per heavy atom. The van der Waals surface area contributed by atoms with Crippen LogP contribution in [0.15, 0.2) is 24.3 Å². The van der Waals surface area contributed by atoms with E-state index in [0.29, 0.717) is 12.8 Å². The van der Waals surface area contributed by atoms with Crippen LogP contribution in [0.2, 0.25) is 0 Å². The Labute approximate surface area is 443 Å². The van der Waals surface area contributed by atoms with E-state index < -0.39 is 86.8 Å². The molecule has 9 N–H and O–H groups in total. The Morgan fingerprint density at radius 3 is 1.34 bits per heavy atom. The molecule has 73 heavy (non-hydrogen) atoms. The number of hydrogen-bond acceptors (Lipinski definition) is 13. The van der Waals surface area contributed by atoms with E-state index in [1.165, 1.54) is 180 Å². The molecule has 14 nitrogen and oxygen atoms in total. The van der Waals surface area contributed by atoms with Crippen LogP contribution in [0.25, 0.3) is 0 Å². The highest BCUT2D eigenvalue weighted by atomic mass is 16.7. The van der Waals surface area contributed by atoms with E-state index in [1.54, 1.807) is 6.08 Å². The highest BCUT2D eigenvalue weighted by molar-refractivity contribution is 5.76. The number of aliphatic hydroxyl groups is 8. The Balaban J connectivity index is 1.62. The quantitative estimate of drug-likeness (QED) is 0.0204. The summed E-state index contributed by atoms with van der Waals surface area (Å²) in [5, 5.41) is 86.7. The number of carbonyl (C=O) groups is 1. The molecular formula is C59H111NO13. The van der Waals surface area contributed by atoms with Crippen molar-refractivity contribution in [3.8, 4) is 0 Å². The molecule has 0 bridgehead atoms. The van der Waals surface area contributed by atoms with Gasteiger partial charge in [0.25, 0.3) is 0 Å². The summed E-state index contributed by atoms with van der Waals surface area (Å²) in [6.07, 6.45) is 37.2. The monoisotopic (exact) mass is 1040 g/mol. The normalized spacial score (nSPS) is 25.5. The molecule has 2 aliphatic heterocycles. The molecule has 0 saturated carbocycles. The average Bonchev–Trinajstić information content (AvgIpc) is 3.39. The first-order valence-corrected chi connectivity index (χ1v) is 30.1. The summed E-state index contributed by atoms with van der Waals surface area (Å²) in [5.41, 5.74) is 0. The average molecular weight is 1040 g/mol. The van der Waals surface area contributed by atoms with Crippen molar-refractivity contribution >= 4 is 5.91 Å². The van der Waals surface area contributed by atoms with Crippen molar-refractivity contribution in [1.82, 2.24) is 5.32 Å². The maximum absolute atomic E-state index is 13.1. The molecule has 430 valence electrons. The molecule has 2 rings (SSSR count). The van der Waals surface area contributed by atoms with Crippen molar-refractivity contribution in [2.24, 2.45) is 0 Å². The van der Waals surface area contributed by atoms with Crippen molar-refractivity contribution < 1.29 is 64.6 Å². The number of amides is 1. The third-order valence-electron chi connectivity index (χ3n) is 14.9. The molecule has 12 atom stereocenters. The molecule has 14 heteroatoms. The Hall–Kier alpha value is -1.53. The second-order valence-electron chi connectivity index (χ2n) is 21.5. The molecule has 2 heterocycles. The lowest BCUT2D eigenvalue weighted by atomic mass is 9.97. The van der Waals surface area contributed by atoms with Gasteiger partial charge < -0.3 is 65.1 Å². The second-order valence-corrected chi connectivity index (χ2v) is 21.5. The number of allylic oxidation sites excluding steroid dienone is 3. The van der Waals surface area contributed by atoms with Crippen LogP contribution < -0.4 is 5.32 Å². The second kappa shape index (κ2) is 45.5. The zero-order chi connectivity index (χ0) is 53.2. The third kappa shape index (κ3) is 31.5. The van der Waals surface area contributed by atoms with Crippen LogP contribution in [0, 0.1) is 0 Å². The largest absolute Gasteiger partial charge is 0.394 e. The molecule has 12 unspecified atom stereocenters. The van der Waals surface area contributed by atoms with Crippen LogP contribution in [0.1, 0.15) is 251 Å². The van der Waals surface area contributed by atoms with Gasteiger partial charge in [-0.2, -0.15) is 0 Å². The van der Waals surface area contributed by atoms with Crippen molar-refractivity contribution in [2.75, 3.05) is 19.8 Å². The van der Waals surface area contributed by atoms with E-state index >= 15 is 0 Å². The van der Waals surface area contributed by atoms with Gasteiger partial charge in [-0.25, -0.2) is 0 Å². The van der Waals surface area contributed by atoms with Gasteiger partial charge in [-0.1, -0.05) is 237 Å². The van der Waals surface area contributed by atoms with Crippen LogP contribution in [0.5, 0.6) is 0 Å². The van der Waals surface area contributed by atoms with Gasteiger partial charge >= 0.3 is 0 Å². The standard InChI is InChI=1S/C59H111NO13/c1-3-5-7-9-11-12-13-14-15-16-17-18-19-20-21-22-23-24-25-26-27-28-29-30-31-32-33-34-35-37-38-40-42-48(63)47(60-51(64)43-41-39-36-10-8-6-4-2)46-70-58-56(69)54(67)57(50(45-62)72-58)73-59-55(68)53(66)52(65)49(44-61)71-59/h34-35,40,42,47-50,52-59,61-63,65-69H,3-33,36-39,41,43-46H2,1-2H3,(H,60,64)/b35-34+,42-40+. The van der Waals surface area contributed by atoms with Gasteiger partial charge in [-0.15, -0.1) is 0 Å². The smallest absolute Gasteiger partial charge is 0.220 e. The lowest BCUT2D eigenvalue weighted by molar-refractivity contribution is -0.359. The fourth-order valence-electron chi connectivity index (χ4n) is 10.0. The van der Waals surface area contributed by atoms with Gasteiger partial charge in [-0.3, -0.25) is 4.79 Å². The maximum atomic E-state index is 13.1. The maximum Gasteiger partial charge on any atom is 0.220 e. The summed E-state index contributed by atoms with van der Waals surface area (Å²) >= 11 is 0. The molecule has 0 aromatic heterocycles. The number of carbonyl (C=O) groups excluding carboxylic acids is 1. The zero-order valence-corrected chi connectivity index (χ0v) is 46.1. The fourth-order valence-corrected chi connectivity index (χ4v) is 10.0. The molecule has 0 radical (unpaired) electrons. The molecule has 0 spiro atoms. The number of rotatable bonds is 48. The van der Waals surface area contributed by atoms with E-state index in [-0.39, 0.29) is 18.9 Å². The first kappa shape index (κ1) is 67.6. The van der Waals surface area contributed by atoms with E-state index in [1.807, 2.05) is 6.08 Å². The van der Waals surface area contributed by atoms with Crippen molar-refractivity contribution in [3.63, 3.8) is 0 Å². The molecule has 0 aromatic rings. The number of aliphatic hydroxyl groups excluding tert-OH is 8. The SMILES string of the molecule is CCCCCCCCCCCCCCCCCCCCCCCCCCCC/C=C/CC/C=C/C(O)C(COC1OC(CO)C(OC2OC(CO)C(O)C(O)C2O)C(O)C1O)NC(=O)CCCCCCCCC. The Bertz CT molecular complexity index is 1320. The minimum Gasteiger partial charge on any atom is -0.394 e. The van der Waals surface area contributed by atoms with Gasteiger partial charge in [0.2, 0.25) is 5.91 Å². The van der Waals surface area contributed by atoms with Crippen LogP contribution in [-0.4, -0.2) is 140 Å². The zero-order valence-electron chi connectivity index (χ0n) is 46.1. The summed E-state index contributed by atoms with van der Waals surface area (Å²) in [5.74, 6) is -0.255. The Kier molecular flexibility index (Phi) is 42.1. The van der Waals surface area contributed by atoms with Gasteiger partial charge in [0.15, 0.2) is 12.6 Å². The summed E-state index contributed by atoms with van der Waals surface area (Å²) in [7, 11) is 0. The van der Waals surface area contributed by atoms with Crippen LogP contribution in [0.4, 0.5) is 0 Å². The predicted octanol–water partition coefficient (Wildman–Crippen LogP) is 10.1. The van der Waals surface area contributed by atoms with Gasteiger partial charge in [0.1, 0.15) is 48.8 Å². The summed E-state index contributed by atoms with van der Waals surface area (Å²) in [6.45, 7) is 2.73. The van der Waals surface area contributed by atoms with Crippen LogP contribution in [-0.2, 0) is 23.7 Å². The number of nitrogens with one attached hydrogen (secondary N) is 1. The molecule has 0 aliphatic carbocycles. The van der Waals surface area contributed by atoms with Crippen molar-refractivity contribution in [2.45, 2.75) is 325 Å². The first-order chi connectivity index (χ1) is 35.6. The molecule has 1 amide bonds. The third-order valence-corrected chi connectivity index (χ3v) is 14.9. The van der Waals surface area contributed by atoms with Crippen LogP contribution in [0.3, 0.4) is 0 Å². The number of ether oxygens (including phenoxy) is 4. The lowest BCUT2D eigenvalue weighted by Gasteiger charge is -2.46. The summed E-state index contributed by atoms with van der Waals surface area (Å²) < 4.78 is 22.7. The van der Waals surface area contributed by atoms with E-state index in [9.17, 15) is 45.6 Å². The Morgan fingerprint density at radius 1 is 0.479 bits per heavy atom. The van der Waals surface area contributed by atoms with Gasteiger partial charge in [-0.05, 0) is 32.1 Å². The number of hydrogen-bond donors (Lipinski definition) is 9. The number of unbranched alkanes of at least 4 members (excludes halogenated alkanes) is 33. The first-order valence-electron chi connectivity index (χ1n) is 30.1. The molecule has 2 aliphatic rings. The molecule has 2 fully saturated rings. The molecule has 0 aromatic carbocycles. The van der Waals surface area contributed by atoms with Crippen molar-refractivity contribution in [1.29, 1.82) is 0 Å². The van der Waals surface area contributed by atoms with Gasteiger partial charge in [0, 0.05) is 6.42 Å².